The maximum Gasteiger partial charge on any atom is 0.325 e. The fourth-order valence-electron chi connectivity index (χ4n) is 2.33. The second kappa shape index (κ2) is 8.96. The molecule has 6 nitrogen and oxygen atoms in total. The van der Waals surface area contributed by atoms with Crippen molar-refractivity contribution in [3.8, 4) is 5.75 Å². The van der Waals surface area contributed by atoms with Crippen LogP contribution >= 0.6 is 11.3 Å². The van der Waals surface area contributed by atoms with E-state index >= 15 is 0 Å². The molecule has 0 fully saturated rings. The van der Waals surface area contributed by atoms with Gasteiger partial charge in [-0.3, -0.25) is 5.32 Å². The average Bonchev–Trinajstić information content (AvgIpc) is 3.09. The fourth-order valence-corrected chi connectivity index (χ4v) is 2.98. The highest BCUT2D eigenvalue weighted by Gasteiger charge is 2.09. The van der Waals surface area contributed by atoms with Crippen molar-refractivity contribution >= 4 is 28.2 Å². The topological polar surface area (TPSA) is 76.1 Å². The van der Waals surface area contributed by atoms with Crippen LogP contribution in [0.2, 0.25) is 0 Å². The van der Waals surface area contributed by atoms with Crippen LogP contribution in [0.15, 0.2) is 54.6 Å². The van der Waals surface area contributed by atoms with Crippen LogP contribution in [0, 0.1) is 0 Å². The number of hydrogen-bond acceptors (Lipinski definition) is 5. The highest BCUT2D eigenvalue weighted by atomic mass is 32.1. The van der Waals surface area contributed by atoms with Crippen molar-refractivity contribution in [1.29, 1.82) is 0 Å². The number of nitrogens with one attached hydrogen (secondary N) is 2. The lowest BCUT2D eigenvalue weighted by Gasteiger charge is -2.05. The smallest absolute Gasteiger partial charge is 0.325 e. The summed E-state index contributed by atoms with van der Waals surface area (Å²) in [7, 11) is 0. The number of carbonyl (C=O) groups excluding carboxylic acids is 1. The number of anilines is 2. The van der Waals surface area contributed by atoms with E-state index in [4.69, 9.17) is 4.74 Å². The molecular formula is C19H20N4O2S. The van der Waals surface area contributed by atoms with E-state index in [0.29, 0.717) is 22.4 Å². The fraction of sp³-hybridized carbons (Fsp3) is 0.211. The first-order valence-electron chi connectivity index (χ1n) is 8.40. The Balaban J connectivity index is 1.49. The maximum absolute atomic E-state index is 11.9. The number of nitrogens with zero attached hydrogens (tertiary/aromatic N) is 2. The van der Waals surface area contributed by atoms with Crippen LogP contribution in [-0.2, 0) is 13.0 Å². The first-order chi connectivity index (χ1) is 12.7. The first-order valence-corrected chi connectivity index (χ1v) is 9.22. The molecule has 2 amide bonds. The summed E-state index contributed by atoms with van der Waals surface area (Å²) in [5.74, 6) is 0.788. The Bertz CT molecular complexity index is 834. The monoisotopic (exact) mass is 368 g/mol. The van der Waals surface area contributed by atoms with E-state index in [0.717, 1.165) is 18.6 Å². The van der Waals surface area contributed by atoms with Crippen LogP contribution in [0.4, 0.5) is 15.6 Å². The molecule has 0 atom stereocenters. The zero-order valence-electron chi connectivity index (χ0n) is 14.4. The summed E-state index contributed by atoms with van der Waals surface area (Å²) in [6.07, 6.45) is 2.19. The molecule has 0 bridgehead atoms. The first kappa shape index (κ1) is 17.9. The Morgan fingerprint density at radius 2 is 1.81 bits per heavy atom. The molecule has 1 heterocycles. The molecule has 0 saturated heterocycles. The number of carbonyl (C=O) groups is 1. The van der Waals surface area contributed by atoms with E-state index in [1.54, 1.807) is 0 Å². The summed E-state index contributed by atoms with van der Waals surface area (Å²) in [5, 5.41) is 14.5. The van der Waals surface area contributed by atoms with E-state index < -0.39 is 0 Å². The lowest BCUT2D eigenvalue weighted by atomic mass is 10.1. The molecule has 134 valence electrons. The molecular weight excluding hydrogens is 348 g/mol. The van der Waals surface area contributed by atoms with Gasteiger partial charge >= 0.3 is 6.03 Å². The van der Waals surface area contributed by atoms with Crippen LogP contribution in [-0.4, -0.2) is 16.2 Å². The summed E-state index contributed by atoms with van der Waals surface area (Å²) in [6.45, 7) is 2.47. The van der Waals surface area contributed by atoms with Crippen molar-refractivity contribution in [1.82, 2.24) is 10.2 Å². The number of rotatable bonds is 7. The average molecular weight is 368 g/mol. The third kappa shape index (κ3) is 5.29. The van der Waals surface area contributed by atoms with Gasteiger partial charge in [0.05, 0.1) is 0 Å². The quantitative estimate of drug-likeness (QED) is 0.633. The predicted molar refractivity (Wildman–Crippen MR) is 104 cm³/mol. The van der Waals surface area contributed by atoms with E-state index in [9.17, 15) is 4.79 Å². The summed E-state index contributed by atoms with van der Waals surface area (Å²) >= 11 is 1.28. The predicted octanol–water partition coefficient (Wildman–Crippen LogP) is 4.71. The number of benzene rings is 2. The van der Waals surface area contributed by atoms with E-state index in [1.165, 1.54) is 16.9 Å². The van der Waals surface area contributed by atoms with Crippen LogP contribution in [0.1, 0.15) is 23.9 Å². The molecule has 3 rings (SSSR count). The van der Waals surface area contributed by atoms with Crippen molar-refractivity contribution < 1.29 is 9.53 Å². The lowest BCUT2D eigenvalue weighted by Crippen LogP contribution is -2.19. The Labute approximate surface area is 156 Å². The van der Waals surface area contributed by atoms with Gasteiger partial charge in [-0.2, -0.15) is 0 Å². The van der Waals surface area contributed by atoms with Crippen LogP contribution in [0.5, 0.6) is 5.75 Å². The second-order valence-corrected chi connectivity index (χ2v) is 6.69. The van der Waals surface area contributed by atoms with Gasteiger partial charge in [-0.15, -0.1) is 10.2 Å². The van der Waals surface area contributed by atoms with Crippen molar-refractivity contribution in [2.75, 3.05) is 10.6 Å². The SMILES string of the molecule is CCCc1ccc(OCc2nnc(NC(=O)Nc3ccccc3)s2)cc1. The zero-order valence-corrected chi connectivity index (χ0v) is 15.3. The number of ether oxygens (including phenoxy) is 1. The zero-order chi connectivity index (χ0) is 18.2. The van der Waals surface area contributed by atoms with Crippen molar-refractivity contribution in [2.45, 2.75) is 26.4 Å². The number of urea groups is 1. The van der Waals surface area contributed by atoms with Gasteiger partial charge in [-0.25, -0.2) is 4.79 Å². The molecule has 0 radical (unpaired) electrons. The Hall–Kier alpha value is -2.93. The number of para-hydroxylation sites is 1. The minimum Gasteiger partial charge on any atom is -0.486 e. The molecule has 0 aliphatic rings. The maximum atomic E-state index is 11.9. The third-order valence-electron chi connectivity index (χ3n) is 3.54. The third-order valence-corrected chi connectivity index (χ3v) is 4.36. The van der Waals surface area contributed by atoms with Gasteiger partial charge in [0, 0.05) is 5.69 Å². The van der Waals surface area contributed by atoms with E-state index in [-0.39, 0.29) is 6.03 Å². The molecule has 0 saturated carbocycles. The summed E-state index contributed by atoms with van der Waals surface area (Å²) in [6, 6.07) is 16.9. The Morgan fingerprint density at radius 3 is 2.54 bits per heavy atom. The molecule has 0 spiro atoms. The summed E-state index contributed by atoms with van der Waals surface area (Å²) in [5.41, 5.74) is 2.01. The molecule has 0 unspecified atom stereocenters. The molecule has 0 aliphatic heterocycles. The summed E-state index contributed by atoms with van der Waals surface area (Å²) < 4.78 is 5.72. The molecule has 0 aliphatic carbocycles. The highest BCUT2D eigenvalue weighted by molar-refractivity contribution is 7.15. The highest BCUT2D eigenvalue weighted by Crippen LogP contribution is 2.19. The van der Waals surface area contributed by atoms with E-state index in [1.807, 2.05) is 42.5 Å². The number of aryl methyl sites for hydroxylation is 1. The molecule has 2 N–H and O–H groups in total. The molecule has 26 heavy (non-hydrogen) atoms. The molecule has 7 heteroatoms. The Kier molecular flexibility index (Phi) is 6.16. The van der Waals surface area contributed by atoms with Gasteiger partial charge in [-0.05, 0) is 36.2 Å². The van der Waals surface area contributed by atoms with Gasteiger partial charge < -0.3 is 10.1 Å². The van der Waals surface area contributed by atoms with Crippen molar-refractivity contribution in [3.05, 3.63) is 65.2 Å². The molecule has 2 aromatic carbocycles. The van der Waals surface area contributed by atoms with Crippen molar-refractivity contribution in [3.63, 3.8) is 0 Å². The number of amides is 2. The van der Waals surface area contributed by atoms with Gasteiger partial charge in [0.25, 0.3) is 0 Å². The largest absolute Gasteiger partial charge is 0.486 e. The Morgan fingerprint density at radius 1 is 1.04 bits per heavy atom. The molecule has 1 aromatic heterocycles. The van der Waals surface area contributed by atoms with E-state index in [2.05, 4.69) is 39.9 Å². The number of hydrogen-bond donors (Lipinski definition) is 2. The van der Waals surface area contributed by atoms with Crippen LogP contribution in [0.3, 0.4) is 0 Å². The van der Waals surface area contributed by atoms with Crippen LogP contribution in [0.25, 0.3) is 0 Å². The number of aromatic nitrogens is 2. The van der Waals surface area contributed by atoms with Gasteiger partial charge in [0.15, 0.2) is 5.01 Å². The minimum absolute atomic E-state index is 0.312. The standard InChI is InChI=1S/C19H20N4O2S/c1-2-6-14-9-11-16(12-10-14)25-13-17-22-23-19(26-17)21-18(24)20-15-7-4-3-5-8-15/h3-5,7-12H,2,6,13H2,1H3,(H2,20,21,23,24). The van der Waals surface area contributed by atoms with Gasteiger partial charge in [0.2, 0.25) is 5.13 Å². The van der Waals surface area contributed by atoms with Gasteiger partial charge in [0.1, 0.15) is 12.4 Å². The normalized spacial score (nSPS) is 10.3. The minimum atomic E-state index is -0.355. The molecule has 3 aromatic rings. The van der Waals surface area contributed by atoms with Gasteiger partial charge in [-0.1, -0.05) is 55.0 Å². The second-order valence-electron chi connectivity index (χ2n) is 5.63. The lowest BCUT2D eigenvalue weighted by molar-refractivity contribution is 0.262. The van der Waals surface area contributed by atoms with Crippen molar-refractivity contribution in [2.24, 2.45) is 0 Å². The summed E-state index contributed by atoms with van der Waals surface area (Å²) in [4.78, 5) is 11.9. The van der Waals surface area contributed by atoms with Crippen LogP contribution < -0.4 is 15.4 Å².